The molecule has 2 fully saturated rings. The van der Waals surface area contributed by atoms with Gasteiger partial charge in [-0.15, -0.1) is 0 Å². The van der Waals surface area contributed by atoms with Crippen molar-refractivity contribution in [3.05, 3.63) is 36.2 Å². The molecule has 0 aromatic carbocycles. The number of pyridine rings is 1. The molecular weight excluding hydrogens is 476 g/mol. The summed E-state index contributed by atoms with van der Waals surface area (Å²) >= 11 is 0. The number of ether oxygens (including phenoxy) is 1. The summed E-state index contributed by atoms with van der Waals surface area (Å²) in [5.41, 5.74) is 0.894. The van der Waals surface area contributed by atoms with Crippen LogP contribution in [-0.4, -0.2) is 86.2 Å². The van der Waals surface area contributed by atoms with E-state index in [1.165, 1.54) is 6.08 Å². The molecule has 0 unspecified atom stereocenters. The van der Waals surface area contributed by atoms with Gasteiger partial charge in [0.1, 0.15) is 0 Å². The first-order valence-corrected chi connectivity index (χ1v) is 15.2. The third kappa shape index (κ3) is 10.3. The SMILES string of the molecule is O=C(/C=C/c1cccnc1)NCCCCCCN(CCCN1CCOCC1)S(=O)(=O)C1CCCCC1. The molecule has 2 heterocycles. The molecule has 1 amide bonds. The van der Waals surface area contributed by atoms with E-state index in [4.69, 9.17) is 4.74 Å². The number of carbonyl (C=O) groups is 1. The molecule has 0 radical (unpaired) electrons. The van der Waals surface area contributed by atoms with Gasteiger partial charge in [-0.2, -0.15) is 0 Å². The Hall–Kier alpha value is -1.81. The number of rotatable bonds is 15. The molecule has 1 saturated carbocycles. The van der Waals surface area contributed by atoms with E-state index >= 15 is 0 Å². The molecule has 0 bridgehead atoms. The van der Waals surface area contributed by atoms with E-state index < -0.39 is 10.0 Å². The zero-order valence-electron chi connectivity index (χ0n) is 21.7. The lowest BCUT2D eigenvalue weighted by Crippen LogP contribution is -2.42. The van der Waals surface area contributed by atoms with Crippen LogP contribution in [0.25, 0.3) is 6.08 Å². The Labute approximate surface area is 217 Å². The lowest BCUT2D eigenvalue weighted by molar-refractivity contribution is -0.116. The van der Waals surface area contributed by atoms with E-state index in [0.29, 0.717) is 19.6 Å². The molecule has 1 N–H and O–H groups in total. The summed E-state index contributed by atoms with van der Waals surface area (Å²) in [4.78, 5) is 18.4. The molecular formula is C27H44N4O4S. The Bertz CT molecular complexity index is 882. The highest BCUT2D eigenvalue weighted by atomic mass is 32.2. The molecule has 8 nitrogen and oxygen atoms in total. The Kier molecular flexibility index (Phi) is 12.9. The minimum absolute atomic E-state index is 0.108. The number of sulfonamides is 1. The molecule has 0 atom stereocenters. The molecule has 1 aliphatic heterocycles. The summed E-state index contributed by atoms with van der Waals surface area (Å²) in [5, 5.41) is 2.71. The third-order valence-corrected chi connectivity index (χ3v) is 9.46. The lowest BCUT2D eigenvalue weighted by Gasteiger charge is -2.31. The normalized spacial score (nSPS) is 18.1. The van der Waals surface area contributed by atoms with Crippen LogP contribution in [-0.2, 0) is 19.6 Å². The monoisotopic (exact) mass is 520 g/mol. The van der Waals surface area contributed by atoms with Gasteiger partial charge in [0.15, 0.2) is 0 Å². The van der Waals surface area contributed by atoms with Crippen LogP contribution in [0.15, 0.2) is 30.6 Å². The maximum atomic E-state index is 13.4. The van der Waals surface area contributed by atoms with E-state index in [1.807, 2.05) is 12.1 Å². The van der Waals surface area contributed by atoms with Crippen molar-refractivity contribution in [2.45, 2.75) is 69.5 Å². The van der Waals surface area contributed by atoms with Crippen LogP contribution in [0.4, 0.5) is 0 Å². The Morgan fingerprint density at radius 3 is 2.58 bits per heavy atom. The first kappa shape index (κ1) is 28.8. The topological polar surface area (TPSA) is 91.8 Å². The van der Waals surface area contributed by atoms with Crippen molar-refractivity contribution in [1.82, 2.24) is 19.5 Å². The van der Waals surface area contributed by atoms with E-state index in [1.54, 1.807) is 22.8 Å². The summed E-state index contributed by atoms with van der Waals surface area (Å²) in [6, 6.07) is 3.74. The zero-order valence-corrected chi connectivity index (χ0v) is 22.5. The van der Waals surface area contributed by atoms with Crippen LogP contribution in [0.2, 0.25) is 0 Å². The van der Waals surface area contributed by atoms with E-state index in [9.17, 15) is 13.2 Å². The van der Waals surface area contributed by atoms with Crippen molar-refractivity contribution < 1.29 is 17.9 Å². The first-order chi connectivity index (χ1) is 17.6. The fourth-order valence-corrected chi connectivity index (χ4v) is 7.04. The minimum atomic E-state index is -3.24. The summed E-state index contributed by atoms with van der Waals surface area (Å²) in [6.07, 6.45) is 16.0. The molecule has 0 spiro atoms. The molecule has 1 aromatic rings. The highest BCUT2D eigenvalue weighted by Gasteiger charge is 2.32. The Morgan fingerprint density at radius 2 is 1.83 bits per heavy atom. The molecule has 1 aromatic heterocycles. The second-order valence-electron chi connectivity index (χ2n) is 9.84. The van der Waals surface area contributed by atoms with Crippen molar-refractivity contribution in [1.29, 1.82) is 0 Å². The molecule has 9 heteroatoms. The van der Waals surface area contributed by atoms with Crippen molar-refractivity contribution in [3.63, 3.8) is 0 Å². The highest BCUT2D eigenvalue weighted by Crippen LogP contribution is 2.26. The predicted molar refractivity (Wildman–Crippen MR) is 144 cm³/mol. The fraction of sp³-hybridized carbons (Fsp3) is 0.704. The second kappa shape index (κ2) is 16.1. The summed E-state index contributed by atoms with van der Waals surface area (Å²) in [5.74, 6) is -0.108. The average Bonchev–Trinajstić information content (AvgIpc) is 2.92. The van der Waals surface area contributed by atoms with Crippen molar-refractivity contribution >= 4 is 22.0 Å². The van der Waals surface area contributed by atoms with Crippen LogP contribution in [0, 0.1) is 0 Å². The Morgan fingerprint density at radius 1 is 1.08 bits per heavy atom. The van der Waals surface area contributed by atoms with E-state index in [0.717, 1.165) is 103 Å². The average molecular weight is 521 g/mol. The van der Waals surface area contributed by atoms with Crippen molar-refractivity contribution in [2.75, 3.05) is 52.5 Å². The molecule has 1 saturated heterocycles. The van der Waals surface area contributed by atoms with Crippen LogP contribution in [0.3, 0.4) is 0 Å². The maximum absolute atomic E-state index is 13.4. The van der Waals surface area contributed by atoms with Gasteiger partial charge in [0, 0.05) is 51.2 Å². The van der Waals surface area contributed by atoms with Gasteiger partial charge in [0.05, 0.1) is 18.5 Å². The largest absolute Gasteiger partial charge is 0.379 e. The number of nitrogens with one attached hydrogen (secondary N) is 1. The van der Waals surface area contributed by atoms with Crippen LogP contribution < -0.4 is 5.32 Å². The summed E-state index contributed by atoms with van der Waals surface area (Å²) in [6.45, 7) is 6.17. The van der Waals surface area contributed by atoms with Gasteiger partial charge in [0.2, 0.25) is 15.9 Å². The van der Waals surface area contributed by atoms with Crippen LogP contribution in [0.1, 0.15) is 69.8 Å². The van der Waals surface area contributed by atoms with Gasteiger partial charge in [-0.1, -0.05) is 38.2 Å². The molecule has 1 aliphatic carbocycles. The Balaban J connectivity index is 1.36. The number of hydrogen-bond donors (Lipinski definition) is 1. The quantitative estimate of drug-likeness (QED) is 0.281. The molecule has 202 valence electrons. The van der Waals surface area contributed by atoms with Crippen molar-refractivity contribution in [2.24, 2.45) is 0 Å². The summed E-state index contributed by atoms with van der Waals surface area (Å²) in [7, 11) is -3.24. The smallest absolute Gasteiger partial charge is 0.243 e. The van der Waals surface area contributed by atoms with Gasteiger partial charge in [-0.25, -0.2) is 12.7 Å². The number of unbranched alkanes of at least 4 members (excludes halogenated alkanes) is 3. The standard InChI is InChI=1S/C27H44N4O4S/c32-27(14-13-25-10-8-15-28-24-25)29-16-6-1-2-7-18-31(19-9-17-30-20-22-35-23-21-30)36(33,34)26-11-4-3-5-12-26/h8,10,13-15,24,26H,1-7,9,11-12,16-23H2,(H,29,32)/b14-13+. The van der Waals surface area contributed by atoms with Crippen molar-refractivity contribution in [3.8, 4) is 0 Å². The van der Waals surface area contributed by atoms with E-state index in [2.05, 4.69) is 15.2 Å². The van der Waals surface area contributed by atoms with Gasteiger partial charge in [-0.05, 0) is 56.4 Å². The van der Waals surface area contributed by atoms with Gasteiger partial charge >= 0.3 is 0 Å². The van der Waals surface area contributed by atoms with Gasteiger partial charge < -0.3 is 10.1 Å². The summed E-state index contributed by atoms with van der Waals surface area (Å²) < 4.78 is 34.0. The number of morpholine rings is 1. The number of amides is 1. The number of hydrogen-bond acceptors (Lipinski definition) is 6. The first-order valence-electron chi connectivity index (χ1n) is 13.7. The highest BCUT2D eigenvalue weighted by molar-refractivity contribution is 7.89. The third-order valence-electron chi connectivity index (χ3n) is 7.06. The molecule has 3 rings (SSSR count). The van der Waals surface area contributed by atoms with Crippen LogP contribution >= 0.6 is 0 Å². The lowest BCUT2D eigenvalue weighted by atomic mass is 10.0. The predicted octanol–water partition coefficient (Wildman–Crippen LogP) is 3.46. The molecule has 36 heavy (non-hydrogen) atoms. The van der Waals surface area contributed by atoms with Crippen LogP contribution in [0.5, 0.6) is 0 Å². The van der Waals surface area contributed by atoms with Gasteiger partial charge in [0.25, 0.3) is 0 Å². The zero-order chi connectivity index (χ0) is 25.5. The molecule has 2 aliphatic rings. The minimum Gasteiger partial charge on any atom is -0.379 e. The maximum Gasteiger partial charge on any atom is 0.243 e. The number of aromatic nitrogens is 1. The number of nitrogens with zero attached hydrogens (tertiary/aromatic N) is 3. The fourth-order valence-electron chi connectivity index (χ4n) is 4.92. The number of carbonyl (C=O) groups excluding carboxylic acids is 1. The second-order valence-corrected chi connectivity index (χ2v) is 12.0. The van der Waals surface area contributed by atoms with E-state index in [-0.39, 0.29) is 11.2 Å². The van der Waals surface area contributed by atoms with Gasteiger partial charge in [-0.3, -0.25) is 14.7 Å².